The van der Waals surface area contributed by atoms with Crippen molar-refractivity contribution in [2.45, 2.75) is 38.8 Å². The van der Waals surface area contributed by atoms with Crippen molar-refractivity contribution in [3.63, 3.8) is 0 Å². The van der Waals surface area contributed by atoms with Crippen molar-refractivity contribution in [3.8, 4) is 0 Å². The molecular formula is C26H29ClF3N3O5. The van der Waals surface area contributed by atoms with E-state index in [1.54, 1.807) is 53.4 Å². The molecule has 1 aliphatic rings. The number of aliphatic carboxylic acids is 1. The number of hydrogen-bond donors (Lipinski definition) is 3. The Morgan fingerprint density at radius 1 is 1.03 bits per heavy atom. The van der Waals surface area contributed by atoms with Gasteiger partial charge in [-0.3, -0.25) is 14.4 Å². The third-order valence-corrected chi connectivity index (χ3v) is 6.06. The van der Waals surface area contributed by atoms with E-state index in [0.717, 1.165) is 12.8 Å². The maximum atomic E-state index is 12.8. The first-order chi connectivity index (χ1) is 17.9. The van der Waals surface area contributed by atoms with E-state index in [9.17, 15) is 27.6 Å². The molecule has 3 amide bonds. The Morgan fingerprint density at radius 2 is 1.61 bits per heavy atom. The van der Waals surface area contributed by atoms with E-state index in [-0.39, 0.29) is 23.6 Å². The van der Waals surface area contributed by atoms with Gasteiger partial charge >= 0.3 is 12.1 Å². The first-order valence-electron chi connectivity index (χ1n) is 12.0. The summed E-state index contributed by atoms with van der Waals surface area (Å²) >= 11 is 6.06. The number of carboxylic acid groups (broad SMARTS) is 1. The molecule has 2 aromatic rings. The molecule has 12 heteroatoms. The second kappa shape index (κ2) is 14.4. The highest BCUT2D eigenvalue weighted by Crippen LogP contribution is 2.21. The fourth-order valence-corrected chi connectivity index (χ4v) is 3.82. The molecule has 0 saturated carbocycles. The van der Waals surface area contributed by atoms with Crippen LogP contribution in [0.2, 0.25) is 5.02 Å². The highest BCUT2D eigenvalue weighted by Gasteiger charge is 2.38. The van der Waals surface area contributed by atoms with E-state index in [1.807, 2.05) is 0 Å². The standard InChI is InChI=1S/C24H28ClN3O3.C2HF3O2/c1-2-3-14-26-22(29)17-12-15-28(16-13-17)24(31)18-8-10-19(11-9-18)27-23(30)20-6-4-5-7-21(20)25;3-2(4,5)1(6)7/h4-11,17H,2-3,12-16H2,1H3,(H,26,29)(H,27,30);(H,6,7). The lowest BCUT2D eigenvalue weighted by Crippen LogP contribution is -2.43. The van der Waals surface area contributed by atoms with Gasteiger partial charge < -0.3 is 20.6 Å². The molecule has 1 heterocycles. The smallest absolute Gasteiger partial charge is 0.475 e. The summed E-state index contributed by atoms with van der Waals surface area (Å²) in [6, 6.07) is 13.6. The van der Waals surface area contributed by atoms with Crippen LogP contribution < -0.4 is 10.6 Å². The molecule has 0 unspecified atom stereocenters. The number of carbonyl (C=O) groups excluding carboxylic acids is 3. The molecule has 206 valence electrons. The molecule has 0 radical (unpaired) electrons. The number of carbonyl (C=O) groups is 4. The molecular weight excluding hydrogens is 527 g/mol. The largest absolute Gasteiger partial charge is 0.490 e. The van der Waals surface area contributed by atoms with Crippen LogP contribution in [0.5, 0.6) is 0 Å². The minimum atomic E-state index is -5.08. The Bertz CT molecular complexity index is 1120. The SMILES string of the molecule is CCCCNC(=O)C1CCN(C(=O)c2ccc(NC(=O)c3ccccc3Cl)cc2)CC1.O=C(O)C(F)(F)F. The maximum absolute atomic E-state index is 12.8. The van der Waals surface area contributed by atoms with Crippen LogP contribution in [0.4, 0.5) is 18.9 Å². The molecule has 3 N–H and O–H groups in total. The number of halogens is 4. The first kappa shape index (κ1) is 30.6. The van der Waals surface area contributed by atoms with Crippen molar-refractivity contribution in [3.05, 3.63) is 64.7 Å². The zero-order valence-electron chi connectivity index (χ0n) is 20.7. The zero-order chi connectivity index (χ0) is 28.3. The van der Waals surface area contributed by atoms with E-state index in [4.69, 9.17) is 21.5 Å². The Morgan fingerprint density at radius 3 is 2.13 bits per heavy atom. The molecule has 0 atom stereocenters. The lowest BCUT2D eigenvalue weighted by Gasteiger charge is -2.31. The van der Waals surface area contributed by atoms with Gasteiger partial charge in [0.25, 0.3) is 11.8 Å². The van der Waals surface area contributed by atoms with Crippen LogP contribution >= 0.6 is 11.6 Å². The summed E-state index contributed by atoms with van der Waals surface area (Å²) in [5.41, 5.74) is 1.54. The Balaban J connectivity index is 0.000000638. The molecule has 8 nitrogen and oxygen atoms in total. The fraction of sp³-hybridized carbons (Fsp3) is 0.385. The second-order valence-corrected chi connectivity index (χ2v) is 8.93. The van der Waals surface area contributed by atoms with E-state index in [0.29, 0.717) is 54.3 Å². The highest BCUT2D eigenvalue weighted by atomic mass is 35.5. The van der Waals surface area contributed by atoms with Crippen LogP contribution in [0.3, 0.4) is 0 Å². The molecule has 2 aromatic carbocycles. The summed E-state index contributed by atoms with van der Waals surface area (Å²) in [7, 11) is 0. The molecule has 0 aromatic heterocycles. The van der Waals surface area contributed by atoms with Gasteiger partial charge in [0, 0.05) is 36.8 Å². The number of rotatable bonds is 7. The number of amides is 3. The minimum Gasteiger partial charge on any atom is -0.475 e. The quantitative estimate of drug-likeness (QED) is 0.416. The van der Waals surface area contributed by atoms with Crippen molar-refractivity contribution in [2.24, 2.45) is 5.92 Å². The molecule has 1 saturated heterocycles. The van der Waals surface area contributed by atoms with E-state index in [1.165, 1.54) is 0 Å². The summed E-state index contributed by atoms with van der Waals surface area (Å²) in [6.45, 7) is 3.94. The number of nitrogens with zero attached hydrogens (tertiary/aromatic N) is 1. The third-order valence-electron chi connectivity index (χ3n) is 5.73. The zero-order valence-corrected chi connectivity index (χ0v) is 21.4. The average Bonchev–Trinajstić information content (AvgIpc) is 2.89. The van der Waals surface area contributed by atoms with Crippen LogP contribution in [0.15, 0.2) is 48.5 Å². The monoisotopic (exact) mass is 555 g/mol. The van der Waals surface area contributed by atoms with Gasteiger partial charge in [-0.15, -0.1) is 0 Å². The highest BCUT2D eigenvalue weighted by molar-refractivity contribution is 6.34. The Labute approximate surface area is 223 Å². The predicted molar refractivity (Wildman–Crippen MR) is 136 cm³/mol. The van der Waals surface area contributed by atoms with Gasteiger partial charge in [-0.2, -0.15) is 13.2 Å². The molecule has 3 rings (SSSR count). The first-order valence-corrected chi connectivity index (χ1v) is 12.3. The van der Waals surface area contributed by atoms with Crippen LogP contribution in [0.1, 0.15) is 53.3 Å². The molecule has 0 bridgehead atoms. The summed E-state index contributed by atoms with van der Waals surface area (Å²) in [4.78, 5) is 48.1. The van der Waals surface area contributed by atoms with Crippen molar-refractivity contribution < 1.29 is 37.5 Å². The number of likely N-dealkylation sites (tertiary alicyclic amines) is 1. The maximum Gasteiger partial charge on any atom is 0.490 e. The van der Waals surface area contributed by atoms with Crippen LogP contribution in [0.25, 0.3) is 0 Å². The van der Waals surface area contributed by atoms with Gasteiger partial charge in [0.1, 0.15) is 0 Å². The van der Waals surface area contributed by atoms with Crippen LogP contribution in [-0.2, 0) is 9.59 Å². The second-order valence-electron chi connectivity index (χ2n) is 8.53. The van der Waals surface area contributed by atoms with Gasteiger partial charge in [0.05, 0.1) is 10.6 Å². The summed E-state index contributed by atoms with van der Waals surface area (Å²) in [6.07, 6.45) is -1.70. The number of carboxylic acids is 1. The summed E-state index contributed by atoms with van der Waals surface area (Å²) < 4.78 is 31.7. The van der Waals surface area contributed by atoms with Gasteiger partial charge in [0.15, 0.2) is 0 Å². The van der Waals surface area contributed by atoms with Crippen molar-refractivity contribution in [1.82, 2.24) is 10.2 Å². The molecule has 38 heavy (non-hydrogen) atoms. The normalized spacial score (nSPS) is 13.7. The number of benzene rings is 2. The Hall–Kier alpha value is -3.60. The lowest BCUT2D eigenvalue weighted by atomic mass is 9.95. The van der Waals surface area contributed by atoms with Gasteiger partial charge in [-0.25, -0.2) is 4.79 Å². The number of nitrogens with one attached hydrogen (secondary N) is 2. The molecule has 1 fully saturated rings. The van der Waals surface area contributed by atoms with E-state index in [2.05, 4.69) is 17.6 Å². The van der Waals surface area contributed by atoms with Gasteiger partial charge in [0.2, 0.25) is 5.91 Å². The minimum absolute atomic E-state index is 0.0247. The van der Waals surface area contributed by atoms with Crippen molar-refractivity contribution in [2.75, 3.05) is 25.0 Å². The average molecular weight is 556 g/mol. The Kier molecular flexibility index (Phi) is 11.6. The molecule has 0 aliphatic carbocycles. The third kappa shape index (κ3) is 9.37. The van der Waals surface area contributed by atoms with Gasteiger partial charge in [-0.05, 0) is 55.7 Å². The van der Waals surface area contributed by atoms with Crippen molar-refractivity contribution >= 4 is 41.0 Å². The van der Waals surface area contributed by atoms with E-state index >= 15 is 0 Å². The number of piperidine rings is 1. The summed E-state index contributed by atoms with van der Waals surface area (Å²) in [5, 5.41) is 13.3. The number of anilines is 1. The number of alkyl halides is 3. The molecule has 0 spiro atoms. The van der Waals surface area contributed by atoms with Crippen molar-refractivity contribution in [1.29, 1.82) is 0 Å². The lowest BCUT2D eigenvalue weighted by molar-refractivity contribution is -0.192. The van der Waals surface area contributed by atoms with Gasteiger partial charge in [-0.1, -0.05) is 37.1 Å². The summed E-state index contributed by atoms with van der Waals surface area (Å²) in [5.74, 6) is -3.05. The van der Waals surface area contributed by atoms with Crippen LogP contribution in [0, 0.1) is 5.92 Å². The number of unbranched alkanes of at least 4 members (excludes halogenated alkanes) is 1. The number of hydrogen-bond acceptors (Lipinski definition) is 4. The predicted octanol–water partition coefficient (Wildman–Crippen LogP) is 4.99. The van der Waals surface area contributed by atoms with Crippen LogP contribution in [-0.4, -0.2) is 59.5 Å². The fourth-order valence-electron chi connectivity index (χ4n) is 3.60. The topological polar surface area (TPSA) is 116 Å². The van der Waals surface area contributed by atoms with E-state index < -0.39 is 12.1 Å². The molecule has 1 aliphatic heterocycles.